The van der Waals surface area contributed by atoms with Crippen molar-refractivity contribution in [1.82, 2.24) is 4.98 Å². The lowest BCUT2D eigenvalue weighted by Crippen LogP contribution is -2.37. The van der Waals surface area contributed by atoms with Crippen LogP contribution in [0.3, 0.4) is 0 Å². The average Bonchev–Trinajstić information content (AvgIpc) is 3.12. The van der Waals surface area contributed by atoms with E-state index in [1.54, 1.807) is 14.2 Å². The Morgan fingerprint density at radius 3 is 2.44 bits per heavy atom. The predicted molar refractivity (Wildman–Crippen MR) is 98.4 cm³/mol. The minimum atomic E-state index is 0.759. The van der Waals surface area contributed by atoms with Crippen molar-refractivity contribution < 1.29 is 14.2 Å². The van der Waals surface area contributed by atoms with Gasteiger partial charge >= 0.3 is 0 Å². The summed E-state index contributed by atoms with van der Waals surface area (Å²) in [6.45, 7) is 3.29. The number of ether oxygens (including phenoxy) is 3. The van der Waals surface area contributed by atoms with E-state index in [2.05, 4.69) is 34.2 Å². The first-order chi connectivity index (χ1) is 12.3. The summed E-state index contributed by atoms with van der Waals surface area (Å²) in [5.74, 6) is 2.67. The van der Waals surface area contributed by atoms with Gasteiger partial charge in [0.15, 0.2) is 0 Å². The van der Waals surface area contributed by atoms with Crippen LogP contribution in [0.2, 0.25) is 0 Å². The predicted octanol–water partition coefficient (Wildman–Crippen LogP) is 3.03. The van der Waals surface area contributed by atoms with Gasteiger partial charge in [-0.2, -0.15) is 0 Å². The van der Waals surface area contributed by atoms with E-state index in [1.807, 2.05) is 12.3 Å². The van der Waals surface area contributed by atoms with Gasteiger partial charge in [-0.1, -0.05) is 0 Å². The summed E-state index contributed by atoms with van der Waals surface area (Å²) in [5.41, 5.74) is 4.92. The maximum atomic E-state index is 5.47. The molecule has 1 aromatic heterocycles. The molecule has 5 heteroatoms. The molecule has 0 bridgehead atoms. The molecule has 2 heterocycles. The second-order valence-electron chi connectivity index (χ2n) is 6.25. The second kappa shape index (κ2) is 6.76. The fraction of sp³-hybridized carbons (Fsp3) is 0.350. The topological polar surface area (TPSA) is 43.8 Å². The smallest absolute Gasteiger partial charge is 0.136 e. The Morgan fingerprint density at radius 2 is 1.76 bits per heavy atom. The standard InChI is InChI=1S/C20H22N2O3/c1-23-17-10-16(11-18(13-17)24-2)15-9-14-3-4-21-20(19(14)12-15)22-5-7-25-8-6-22/h3-4,10-13H,5-9H2,1-2H3. The summed E-state index contributed by atoms with van der Waals surface area (Å²) in [6.07, 6.45) is 5.05. The van der Waals surface area contributed by atoms with Crippen molar-refractivity contribution in [3.8, 4) is 11.5 Å². The number of nitrogens with zero attached hydrogens (tertiary/aromatic N) is 2. The monoisotopic (exact) mass is 338 g/mol. The molecule has 1 aromatic carbocycles. The first-order valence-corrected chi connectivity index (χ1v) is 8.53. The van der Waals surface area contributed by atoms with Gasteiger partial charge in [-0.25, -0.2) is 4.98 Å². The number of aromatic nitrogens is 1. The summed E-state index contributed by atoms with van der Waals surface area (Å²) in [7, 11) is 3.35. The molecule has 1 aliphatic heterocycles. The van der Waals surface area contributed by atoms with Crippen LogP contribution >= 0.6 is 0 Å². The van der Waals surface area contributed by atoms with Crippen LogP contribution in [-0.2, 0) is 11.2 Å². The Balaban J connectivity index is 1.71. The summed E-state index contributed by atoms with van der Waals surface area (Å²) < 4.78 is 16.3. The van der Waals surface area contributed by atoms with Crippen LogP contribution < -0.4 is 14.4 Å². The highest BCUT2D eigenvalue weighted by Crippen LogP contribution is 2.38. The summed E-state index contributed by atoms with van der Waals surface area (Å²) >= 11 is 0. The number of pyridine rings is 1. The van der Waals surface area contributed by atoms with Gasteiger partial charge in [-0.3, -0.25) is 0 Å². The summed E-state index contributed by atoms with van der Waals surface area (Å²) in [6, 6.07) is 8.12. The third-order valence-corrected chi connectivity index (χ3v) is 4.79. The third kappa shape index (κ3) is 3.07. The highest BCUT2D eigenvalue weighted by atomic mass is 16.5. The zero-order chi connectivity index (χ0) is 17.2. The molecule has 0 spiro atoms. The van der Waals surface area contributed by atoms with Gasteiger partial charge in [0.25, 0.3) is 0 Å². The Hall–Kier alpha value is -2.53. The Kier molecular flexibility index (Phi) is 4.32. The fourth-order valence-electron chi connectivity index (χ4n) is 3.45. The van der Waals surface area contributed by atoms with E-state index in [9.17, 15) is 0 Å². The van der Waals surface area contributed by atoms with Gasteiger partial charge in [0.05, 0.1) is 27.4 Å². The zero-order valence-electron chi connectivity index (χ0n) is 14.6. The van der Waals surface area contributed by atoms with Crippen molar-refractivity contribution >= 4 is 17.5 Å². The highest BCUT2D eigenvalue weighted by molar-refractivity contribution is 5.92. The van der Waals surface area contributed by atoms with E-state index in [1.165, 1.54) is 16.7 Å². The van der Waals surface area contributed by atoms with Crippen molar-refractivity contribution in [2.45, 2.75) is 6.42 Å². The number of methoxy groups -OCH3 is 2. The van der Waals surface area contributed by atoms with Crippen molar-refractivity contribution in [3.63, 3.8) is 0 Å². The molecule has 1 fully saturated rings. The molecule has 0 amide bonds. The van der Waals surface area contributed by atoms with Crippen LogP contribution in [0.5, 0.6) is 11.5 Å². The van der Waals surface area contributed by atoms with Crippen molar-refractivity contribution in [2.24, 2.45) is 0 Å². The Morgan fingerprint density at radius 1 is 1.04 bits per heavy atom. The molecule has 0 atom stereocenters. The molecule has 0 N–H and O–H groups in total. The zero-order valence-corrected chi connectivity index (χ0v) is 14.6. The maximum Gasteiger partial charge on any atom is 0.136 e. The third-order valence-electron chi connectivity index (χ3n) is 4.79. The van der Waals surface area contributed by atoms with Crippen LogP contribution in [0.4, 0.5) is 5.82 Å². The highest BCUT2D eigenvalue weighted by Gasteiger charge is 2.22. The van der Waals surface area contributed by atoms with Crippen LogP contribution in [-0.4, -0.2) is 45.5 Å². The van der Waals surface area contributed by atoms with E-state index >= 15 is 0 Å². The molecule has 1 saturated heterocycles. The average molecular weight is 338 g/mol. The number of fused-ring (bicyclic) bond motifs is 1. The van der Waals surface area contributed by atoms with Crippen molar-refractivity contribution in [2.75, 3.05) is 45.4 Å². The summed E-state index contributed by atoms with van der Waals surface area (Å²) in [4.78, 5) is 6.96. The van der Waals surface area contributed by atoms with Gasteiger partial charge in [-0.05, 0) is 47.4 Å². The number of benzene rings is 1. The quantitative estimate of drug-likeness (QED) is 0.857. The van der Waals surface area contributed by atoms with Gasteiger partial charge in [0.2, 0.25) is 0 Å². The van der Waals surface area contributed by atoms with E-state index < -0.39 is 0 Å². The normalized spacial score (nSPS) is 16.4. The van der Waals surface area contributed by atoms with Gasteiger partial charge in [-0.15, -0.1) is 0 Å². The fourth-order valence-corrected chi connectivity index (χ4v) is 3.45. The minimum Gasteiger partial charge on any atom is -0.497 e. The van der Waals surface area contributed by atoms with Crippen LogP contribution in [0, 0.1) is 0 Å². The minimum absolute atomic E-state index is 0.759. The Labute approximate surface area is 147 Å². The maximum absolute atomic E-state index is 5.47. The molecular weight excluding hydrogens is 316 g/mol. The van der Waals surface area contributed by atoms with E-state index in [-0.39, 0.29) is 0 Å². The molecule has 1 aliphatic carbocycles. The number of morpholine rings is 1. The number of allylic oxidation sites excluding steroid dienone is 1. The van der Waals surface area contributed by atoms with Crippen LogP contribution in [0.15, 0.2) is 30.5 Å². The Bertz CT molecular complexity index is 788. The number of hydrogen-bond donors (Lipinski definition) is 0. The van der Waals surface area contributed by atoms with Gasteiger partial charge < -0.3 is 19.1 Å². The van der Waals surface area contributed by atoms with Crippen molar-refractivity contribution in [3.05, 3.63) is 47.2 Å². The lowest BCUT2D eigenvalue weighted by molar-refractivity contribution is 0.122. The van der Waals surface area contributed by atoms with Crippen LogP contribution in [0.1, 0.15) is 16.7 Å². The first kappa shape index (κ1) is 16.0. The lowest BCUT2D eigenvalue weighted by Gasteiger charge is -2.29. The molecule has 25 heavy (non-hydrogen) atoms. The van der Waals surface area contributed by atoms with Gasteiger partial charge in [0, 0.05) is 30.9 Å². The second-order valence-corrected chi connectivity index (χ2v) is 6.25. The van der Waals surface area contributed by atoms with Crippen LogP contribution in [0.25, 0.3) is 11.6 Å². The molecule has 2 aliphatic rings. The largest absolute Gasteiger partial charge is 0.497 e. The molecule has 0 unspecified atom stereocenters. The number of anilines is 1. The van der Waals surface area contributed by atoms with E-state index in [0.29, 0.717) is 0 Å². The SMILES string of the molecule is COc1cc(OC)cc(C2=Cc3c(ccnc3N3CCOCC3)C2)c1. The molecule has 0 radical (unpaired) electrons. The molecule has 2 aromatic rings. The molecule has 5 nitrogen and oxygen atoms in total. The van der Waals surface area contributed by atoms with Crippen molar-refractivity contribution in [1.29, 1.82) is 0 Å². The van der Waals surface area contributed by atoms with E-state index in [0.717, 1.165) is 55.6 Å². The van der Waals surface area contributed by atoms with Gasteiger partial charge in [0.1, 0.15) is 17.3 Å². The molecule has 130 valence electrons. The first-order valence-electron chi connectivity index (χ1n) is 8.53. The van der Waals surface area contributed by atoms with E-state index in [4.69, 9.17) is 14.2 Å². The summed E-state index contributed by atoms with van der Waals surface area (Å²) in [5, 5.41) is 0. The number of hydrogen-bond acceptors (Lipinski definition) is 5. The lowest BCUT2D eigenvalue weighted by atomic mass is 10.0. The molecule has 0 saturated carbocycles. The molecule has 4 rings (SSSR count). The molecular formula is C20H22N2O3. The number of rotatable bonds is 4.